The average Bonchev–Trinajstić information content (AvgIpc) is 2.48. The van der Waals surface area contributed by atoms with Crippen molar-refractivity contribution in [3.05, 3.63) is 58.6 Å². The second-order valence-electron chi connectivity index (χ2n) is 4.39. The zero-order valence-electron chi connectivity index (χ0n) is 11.6. The van der Waals surface area contributed by atoms with Crippen molar-refractivity contribution >= 4 is 23.3 Å². The van der Waals surface area contributed by atoms with E-state index in [0.29, 0.717) is 35.2 Å². The summed E-state index contributed by atoms with van der Waals surface area (Å²) in [5, 5.41) is 0.665. The van der Waals surface area contributed by atoms with E-state index in [-0.39, 0.29) is 0 Å². The number of carbonyl (C=O) groups excluding carboxylic acids is 1. The smallest absolute Gasteiger partial charge is 0.341 e. The molecular weight excluding hydrogens is 290 g/mol. The molecule has 0 saturated carbocycles. The van der Waals surface area contributed by atoms with E-state index >= 15 is 0 Å². The van der Waals surface area contributed by atoms with Crippen LogP contribution >= 0.6 is 11.6 Å². The van der Waals surface area contributed by atoms with E-state index in [4.69, 9.17) is 26.8 Å². The van der Waals surface area contributed by atoms with Crippen LogP contribution in [0.4, 0.5) is 5.69 Å². The first-order valence-electron chi connectivity index (χ1n) is 6.54. The largest absolute Gasteiger partial charge is 0.488 e. The van der Waals surface area contributed by atoms with Crippen molar-refractivity contribution in [3.63, 3.8) is 0 Å². The highest BCUT2D eigenvalue weighted by molar-refractivity contribution is 6.30. The van der Waals surface area contributed by atoms with E-state index in [9.17, 15) is 4.79 Å². The molecule has 0 bridgehead atoms. The Morgan fingerprint density at radius 2 is 1.90 bits per heavy atom. The number of benzene rings is 2. The van der Waals surface area contributed by atoms with Gasteiger partial charge in [0.05, 0.1) is 6.61 Å². The molecule has 21 heavy (non-hydrogen) atoms. The van der Waals surface area contributed by atoms with Crippen molar-refractivity contribution in [2.24, 2.45) is 0 Å². The average molecular weight is 306 g/mol. The first-order chi connectivity index (χ1) is 10.1. The van der Waals surface area contributed by atoms with Gasteiger partial charge in [-0.25, -0.2) is 4.79 Å². The Bertz CT molecular complexity index is 626. The number of esters is 1. The molecule has 0 spiro atoms. The number of carbonyl (C=O) groups is 1. The number of ether oxygens (including phenoxy) is 2. The molecule has 0 saturated heterocycles. The van der Waals surface area contributed by atoms with Crippen molar-refractivity contribution in [2.75, 3.05) is 12.3 Å². The minimum atomic E-state index is -0.448. The first kappa shape index (κ1) is 15.2. The standard InChI is InChI=1S/C16H16ClNO3/c1-2-20-16(19)14-9-13(18)7-8-15(14)21-10-11-3-5-12(17)6-4-11/h3-9H,2,10,18H2,1H3. The fourth-order valence-corrected chi connectivity index (χ4v) is 1.91. The molecule has 0 fully saturated rings. The van der Waals surface area contributed by atoms with E-state index in [1.807, 2.05) is 12.1 Å². The Morgan fingerprint density at radius 1 is 1.19 bits per heavy atom. The molecule has 0 aliphatic heterocycles. The van der Waals surface area contributed by atoms with E-state index in [1.54, 1.807) is 37.3 Å². The molecule has 0 aromatic heterocycles. The number of anilines is 1. The SMILES string of the molecule is CCOC(=O)c1cc(N)ccc1OCc1ccc(Cl)cc1. The molecule has 110 valence electrons. The molecule has 0 amide bonds. The normalized spacial score (nSPS) is 10.2. The van der Waals surface area contributed by atoms with Crippen LogP contribution < -0.4 is 10.5 Å². The zero-order valence-corrected chi connectivity index (χ0v) is 12.4. The van der Waals surface area contributed by atoms with E-state index < -0.39 is 5.97 Å². The number of nitrogens with two attached hydrogens (primary N) is 1. The van der Waals surface area contributed by atoms with Crippen LogP contribution in [0.2, 0.25) is 5.02 Å². The second kappa shape index (κ2) is 6.99. The highest BCUT2D eigenvalue weighted by Crippen LogP contribution is 2.23. The Morgan fingerprint density at radius 3 is 2.57 bits per heavy atom. The summed E-state index contributed by atoms with van der Waals surface area (Å²) in [7, 11) is 0. The molecule has 2 aromatic rings. The van der Waals surface area contributed by atoms with E-state index in [0.717, 1.165) is 5.56 Å². The van der Waals surface area contributed by atoms with Gasteiger partial charge < -0.3 is 15.2 Å². The lowest BCUT2D eigenvalue weighted by Gasteiger charge is -2.11. The van der Waals surface area contributed by atoms with Gasteiger partial charge in [0.1, 0.15) is 17.9 Å². The molecule has 5 heteroatoms. The maximum absolute atomic E-state index is 11.9. The highest BCUT2D eigenvalue weighted by atomic mass is 35.5. The second-order valence-corrected chi connectivity index (χ2v) is 4.83. The number of halogens is 1. The van der Waals surface area contributed by atoms with Crippen LogP contribution in [0.15, 0.2) is 42.5 Å². The van der Waals surface area contributed by atoms with Crippen LogP contribution in [0.3, 0.4) is 0 Å². The lowest BCUT2D eigenvalue weighted by Crippen LogP contribution is -2.08. The van der Waals surface area contributed by atoms with Gasteiger partial charge in [-0.15, -0.1) is 0 Å². The minimum Gasteiger partial charge on any atom is -0.488 e. The molecule has 0 heterocycles. The fourth-order valence-electron chi connectivity index (χ4n) is 1.78. The quantitative estimate of drug-likeness (QED) is 0.676. The van der Waals surface area contributed by atoms with Gasteiger partial charge in [0.15, 0.2) is 0 Å². The molecule has 0 atom stereocenters. The molecule has 2 aromatic carbocycles. The van der Waals surface area contributed by atoms with Crippen LogP contribution in [0.5, 0.6) is 5.75 Å². The van der Waals surface area contributed by atoms with Gasteiger partial charge in [0.25, 0.3) is 0 Å². The summed E-state index contributed by atoms with van der Waals surface area (Å²) in [6, 6.07) is 12.2. The summed E-state index contributed by atoms with van der Waals surface area (Å²) in [6.07, 6.45) is 0. The van der Waals surface area contributed by atoms with Crippen LogP contribution in [0.1, 0.15) is 22.8 Å². The van der Waals surface area contributed by atoms with Gasteiger partial charge in [-0.05, 0) is 42.8 Å². The predicted octanol–water partition coefficient (Wildman–Crippen LogP) is 3.68. The Balaban J connectivity index is 2.15. The molecule has 2 rings (SSSR count). The Kier molecular flexibility index (Phi) is 5.06. The zero-order chi connectivity index (χ0) is 15.2. The molecule has 0 aliphatic rings. The summed E-state index contributed by atoms with van der Waals surface area (Å²) < 4.78 is 10.7. The van der Waals surface area contributed by atoms with Crippen molar-refractivity contribution in [1.82, 2.24) is 0 Å². The van der Waals surface area contributed by atoms with Crippen molar-refractivity contribution in [3.8, 4) is 5.75 Å². The topological polar surface area (TPSA) is 61.5 Å². The highest BCUT2D eigenvalue weighted by Gasteiger charge is 2.14. The van der Waals surface area contributed by atoms with E-state index in [1.165, 1.54) is 0 Å². The third-order valence-electron chi connectivity index (χ3n) is 2.81. The molecule has 0 unspecified atom stereocenters. The van der Waals surface area contributed by atoms with Gasteiger partial charge >= 0.3 is 5.97 Å². The van der Waals surface area contributed by atoms with Crippen molar-refractivity contribution in [1.29, 1.82) is 0 Å². The molecule has 0 aliphatic carbocycles. The van der Waals surface area contributed by atoms with Crippen LogP contribution in [-0.2, 0) is 11.3 Å². The van der Waals surface area contributed by atoms with Gasteiger partial charge in [0.2, 0.25) is 0 Å². The Hall–Kier alpha value is -2.20. The first-order valence-corrected chi connectivity index (χ1v) is 6.92. The third-order valence-corrected chi connectivity index (χ3v) is 3.06. The molecule has 0 radical (unpaired) electrons. The molecular formula is C16H16ClNO3. The minimum absolute atomic E-state index is 0.296. The molecule has 4 nitrogen and oxygen atoms in total. The van der Waals surface area contributed by atoms with Gasteiger partial charge in [-0.2, -0.15) is 0 Å². The summed E-state index contributed by atoms with van der Waals surface area (Å²) in [4.78, 5) is 11.9. The van der Waals surface area contributed by atoms with Crippen molar-refractivity contribution < 1.29 is 14.3 Å². The summed E-state index contributed by atoms with van der Waals surface area (Å²) in [6.45, 7) is 2.37. The lowest BCUT2D eigenvalue weighted by atomic mass is 10.1. The maximum Gasteiger partial charge on any atom is 0.341 e. The number of rotatable bonds is 5. The summed E-state index contributed by atoms with van der Waals surface area (Å²) in [5.41, 5.74) is 7.47. The monoisotopic (exact) mass is 305 g/mol. The van der Waals surface area contributed by atoms with Crippen LogP contribution in [-0.4, -0.2) is 12.6 Å². The van der Waals surface area contributed by atoms with Gasteiger partial charge in [0, 0.05) is 10.7 Å². The maximum atomic E-state index is 11.9. The van der Waals surface area contributed by atoms with Crippen molar-refractivity contribution in [2.45, 2.75) is 13.5 Å². The Labute approximate surface area is 128 Å². The van der Waals surface area contributed by atoms with Crippen LogP contribution in [0.25, 0.3) is 0 Å². The fraction of sp³-hybridized carbons (Fsp3) is 0.188. The third kappa shape index (κ3) is 4.13. The van der Waals surface area contributed by atoms with E-state index in [2.05, 4.69) is 0 Å². The number of hydrogen-bond acceptors (Lipinski definition) is 4. The number of nitrogen functional groups attached to an aromatic ring is 1. The summed E-state index contributed by atoms with van der Waals surface area (Å²) >= 11 is 5.83. The molecule has 2 N–H and O–H groups in total. The predicted molar refractivity (Wildman–Crippen MR) is 82.6 cm³/mol. The van der Waals surface area contributed by atoms with Gasteiger partial charge in [-0.1, -0.05) is 23.7 Å². The summed E-state index contributed by atoms with van der Waals surface area (Å²) in [5.74, 6) is -0.00601. The van der Waals surface area contributed by atoms with Gasteiger partial charge in [-0.3, -0.25) is 0 Å². The van der Waals surface area contributed by atoms with Crippen LogP contribution in [0, 0.1) is 0 Å². The number of hydrogen-bond donors (Lipinski definition) is 1. The lowest BCUT2D eigenvalue weighted by molar-refractivity contribution is 0.0521.